The lowest BCUT2D eigenvalue weighted by Gasteiger charge is -2.36. The fourth-order valence-corrected chi connectivity index (χ4v) is 7.11. The molecule has 0 radical (unpaired) electrons. The summed E-state index contributed by atoms with van der Waals surface area (Å²) in [6, 6.07) is 14.3. The van der Waals surface area contributed by atoms with Crippen LogP contribution in [0.5, 0.6) is 0 Å². The zero-order valence-electron chi connectivity index (χ0n) is 21.6. The molecule has 0 spiro atoms. The van der Waals surface area contributed by atoms with Gasteiger partial charge < -0.3 is 9.42 Å². The molecule has 2 aliphatic rings. The Morgan fingerprint density at radius 1 is 1.05 bits per heavy atom. The molecule has 37 heavy (non-hydrogen) atoms. The van der Waals surface area contributed by atoms with E-state index in [9.17, 15) is 13.2 Å². The first-order chi connectivity index (χ1) is 17.7. The van der Waals surface area contributed by atoms with E-state index in [4.69, 9.17) is 4.52 Å². The van der Waals surface area contributed by atoms with Crippen LogP contribution in [-0.4, -0.2) is 48.3 Å². The first-order valence-corrected chi connectivity index (χ1v) is 14.3. The molecule has 2 aromatic carbocycles. The number of sulfonamides is 1. The van der Waals surface area contributed by atoms with Crippen LogP contribution in [0.1, 0.15) is 52.1 Å². The van der Waals surface area contributed by atoms with Gasteiger partial charge in [0.15, 0.2) is 10.7 Å². The van der Waals surface area contributed by atoms with Gasteiger partial charge in [-0.05, 0) is 68.4 Å². The van der Waals surface area contributed by atoms with Crippen molar-refractivity contribution in [1.82, 2.24) is 14.4 Å². The van der Waals surface area contributed by atoms with Gasteiger partial charge in [0, 0.05) is 26.2 Å². The monoisotopic (exact) mass is 519 g/mol. The van der Waals surface area contributed by atoms with Crippen LogP contribution >= 0.6 is 0 Å². The number of nitrogens with zero attached hydrogens (tertiary/aromatic N) is 3. The van der Waals surface area contributed by atoms with Gasteiger partial charge in [-0.15, -0.1) is 0 Å². The van der Waals surface area contributed by atoms with Crippen LogP contribution in [0.15, 0.2) is 51.9 Å². The standard InChI is InChI=1S/C29H33N3O4S/c1-20-10-11-21(2)24(17-20)12-13-27-28(22(3)30-36-27)37(34,35)32-15-6-9-26(19-32)29(33)31-16-14-23-7-4-5-8-25(23)18-31/h4-5,7-8,10-13,17,26H,6,9,14-16,18-19H2,1-3H3/b13-12+. The highest BCUT2D eigenvalue weighted by Crippen LogP contribution is 2.31. The minimum Gasteiger partial charge on any atom is -0.355 e. The minimum absolute atomic E-state index is 0.0338. The predicted octanol–water partition coefficient (Wildman–Crippen LogP) is 4.76. The lowest BCUT2D eigenvalue weighted by atomic mass is 9.95. The van der Waals surface area contributed by atoms with Crippen LogP contribution in [0.25, 0.3) is 12.2 Å². The van der Waals surface area contributed by atoms with Gasteiger partial charge in [0.2, 0.25) is 15.9 Å². The maximum absolute atomic E-state index is 13.8. The molecular formula is C29H33N3O4S. The molecule has 1 unspecified atom stereocenters. The second-order valence-corrected chi connectivity index (χ2v) is 12.0. The fraction of sp³-hybridized carbons (Fsp3) is 0.379. The van der Waals surface area contributed by atoms with E-state index >= 15 is 0 Å². The molecule has 1 aromatic heterocycles. The average molecular weight is 520 g/mol. The van der Waals surface area contributed by atoms with Gasteiger partial charge in [-0.3, -0.25) is 4.79 Å². The van der Waals surface area contributed by atoms with Crippen molar-refractivity contribution < 1.29 is 17.7 Å². The van der Waals surface area contributed by atoms with Crippen molar-refractivity contribution in [2.24, 2.45) is 5.92 Å². The summed E-state index contributed by atoms with van der Waals surface area (Å²) in [5, 5.41) is 3.97. The molecule has 1 amide bonds. The largest absolute Gasteiger partial charge is 0.355 e. The Bertz CT molecular complexity index is 1460. The number of fused-ring (bicyclic) bond motifs is 1. The van der Waals surface area contributed by atoms with Crippen LogP contribution in [0.3, 0.4) is 0 Å². The summed E-state index contributed by atoms with van der Waals surface area (Å²) in [6.45, 7) is 7.46. The summed E-state index contributed by atoms with van der Waals surface area (Å²) in [6.07, 6.45) is 5.68. The first kappa shape index (κ1) is 25.4. The molecule has 0 aliphatic carbocycles. The molecule has 0 bridgehead atoms. The van der Waals surface area contributed by atoms with E-state index in [0.717, 1.165) is 23.1 Å². The molecule has 194 valence electrons. The molecule has 1 saturated heterocycles. The molecule has 0 saturated carbocycles. The molecule has 5 rings (SSSR count). The maximum Gasteiger partial charge on any atom is 0.248 e. The van der Waals surface area contributed by atoms with E-state index in [2.05, 4.69) is 17.3 Å². The summed E-state index contributed by atoms with van der Waals surface area (Å²) in [4.78, 5) is 15.4. The fourth-order valence-electron chi connectivity index (χ4n) is 5.34. The number of rotatable bonds is 5. The Balaban J connectivity index is 1.35. The summed E-state index contributed by atoms with van der Waals surface area (Å²) < 4.78 is 34.5. The van der Waals surface area contributed by atoms with Gasteiger partial charge in [-0.1, -0.05) is 59.3 Å². The van der Waals surface area contributed by atoms with Gasteiger partial charge in [0.05, 0.1) is 5.92 Å². The summed E-state index contributed by atoms with van der Waals surface area (Å²) >= 11 is 0. The van der Waals surface area contributed by atoms with Crippen molar-refractivity contribution in [3.8, 4) is 0 Å². The minimum atomic E-state index is -3.89. The van der Waals surface area contributed by atoms with E-state index in [1.54, 1.807) is 13.0 Å². The quantitative estimate of drug-likeness (QED) is 0.486. The molecular weight excluding hydrogens is 486 g/mol. The number of hydrogen-bond acceptors (Lipinski definition) is 5. The molecule has 3 aromatic rings. The SMILES string of the molecule is Cc1ccc(C)c(/C=C/c2onc(C)c2S(=O)(=O)N2CCCC(C(=O)N3CCc4ccccc4C3)C2)c1. The van der Waals surface area contributed by atoms with Crippen LogP contribution in [0, 0.1) is 26.7 Å². The second-order valence-electron chi connectivity index (χ2n) is 10.1. The molecule has 7 nitrogen and oxygen atoms in total. The number of aromatic nitrogens is 1. The van der Waals surface area contributed by atoms with Gasteiger partial charge >= 0.3 is 0 Å². The third-order valence-electron chi connectivity index (χ3n) is 7.46. The van der Waals surface area contributed by atoms with E-state index < -0.39 is 10.0 Å². The zero-order chi connectivity index (χ0) is 26.2. The molecule has 2 aliphatic heterocycles. The molecule has 1 atom stereocenters. The molecule has 8 heteroatoms. The van der Waals surface area contributed by atoms with Crippen LogP contribution in [0.4, 0.5) is 0 Å². The van der Waals surface area contributed by atoms with Gasteiger partial charge in [0.25, 0.3) is 0 Å². The molecule has 1 fully saturated rings. The Morgan fingerprint density at radius 2 is 1.84 bits per heavy atom. The molecule has 0 N–H and O–H groups in total. The normalized spacial score (nSPS) is 18.8. The highest BCUT2D eigenvalue weighted by molar-refractivity contribution is 7.89. The highest BCUT2D eigenvalue weighted by atomic mass is 32.2. The van der Waals surface area contributed by atoms with Crippen LogP contribution < -0.4 is 0 Å². The van der Waals surface area contributed by atoms with Crippen molar-refractivity contribution in [2.45, 2.75) is 51.5 Å². The predicted molar refractivity (Wildman–Crippen MR) is 143 cm³/mol. The van der Waals surface area contributed by atoms with Crippen molar-refractivity contribution in [2.75, 3.05) is 19.6 Å². The molecule has 3 heterocycles. The number of carbonyl (C=O) groups excluding carboxylic acids is 1. The van der Waals surface area contributed by atoms with Crippen LogP contribution in [-0.2, 0) is 27.8 Å². The third kappa shape index (κ3) is 5.13. The zero-order valence-corrected chi connectivity index (χ0v) is 22.4. The smallest absolute Gasteiger partial charge is 0.248 e. The van der Waals surface area contributed by atoms with E-state index in [1.807, 2.05) is 55.2 Å². The Morgan fingerprint density at radius 3 is 2.65 bits per heavy atom. The lowest BCUT2D eigenvalue weighted by molar-refractivity contribution is -0.137. The van der Waals surface area contributed by atoms with E-state index in [1.165, 1.54) is 15.4 Å². The van der Waals surface area contributed by atoms with Gasteiger partial charge in [-0.2, -0.15) is 4.31 Å². The van der Waals surface area contributed by atoms with Crippen molar-refractivity contribution >= 4 is 28.1 Å². The number of amides is 1. The van der Waals surface area contributed by atoms with Crippen LogP contribution in [0.2, 0.25) is 0 Å². The van der Waals surface area contributed by atoms with Gasteiger partial charge in [0.1, 0.15) is 5.69 Å². The number of aryl methyl sites for hydroxylation is 3. The summed E-state index contributed by atoms with van der Waals surface area (Å²) in [7, 11) is -3.89. The number of hydrogen-bond donors (Lipinski definition) is 0. The first-order valence-electron chi connectivity index (χ1n) is 12.8. The summed E-state index contributed by atoms with van der Waals surface area (Å²) in [5.74, 6) is -0.117. The average Bonchev–Trinajstić information content (AvgIpc) is 3.29. The number of benzene rings is 2. The van der Waals surface area contributed by atoms with Gasteiger partial charge in [-0.25, -0.2) is 8.42 Å². The lowest BCUT2D eigenvalue weighted by Crippen LogP contribution is -2.47. The maximum atomic E-state index is 13.8. The van der Waals surface area contributed by atoms with E-state index in [-0.39, 0.29) is 29.0 Å². The third-order valence-corrected chi connectivity index (χ3v) is 9.48. The Hall–Kier alpha value is -3.23. The highest BCUT2D eigenvalue weighted by Gasteiger charge is 2.38. The topological polar surface area (TPSA) is 83.7 Å². The number of piperidine rings is 1. The number of carbonyl (C=O) groups is 1. The van der Waals surface area contributed by atoms with Crippen molar-refractivity contribution in [1.29, 1.82) is 0 Å². The van der Waals surface area contributed by atoms with E-state index in [0.29, 0.717) is 38.2 Å². The Kier molecular flexibility index (Phi) is 7.05. The van der Waals surface area contributed by atoms with Crippen molar-refractivity contribution in [3.05, 3.63) is 81.7 Å². The van der Waals surface area contributed by atoms with Crippen molar-refractivity contribution in [3.63, 3.8) is 0 Å². The Labute approximate surface area is 218 Å². The summed E-state index contributed by atoms with van der Waals surface area (Å²) in [5.41, 5.74) is 5.96. The second kappa shape index (κ2) is 10.3.